The van der Waals surface area contributed by atoms with Crippen LogP contribution < -0.4 is 10.6 Å². The number of rotatable bonds is 7. The SMILES string of the molecule is Cc1nc(Nc2ncc(F)c(-c3cc(F)c4nc(C)n(C(C)C)c4c3)n2)ccc1C(=O)N1CCCN(C[C@H]2CNCCO2)CC1. The summed E-state index contributed by atoms with van der Waals surface area (Å²) in [6.07, 6.45) is 2.11. The zero-order valence-corrected chi connectivity index (χ0v) is 26.1. The van der Waals surface area contributed by atoms with Crippen molar-refractivity contribution in [2.45, 2.75) is 46.3 Å². The van der Waals surface area contributed by atoms with Crippen LogP contribution >= 0.6 is 0 Å². The number of nitrogens with zero attached hydrogens (tertiary/aromatic N) is 7. The van der Waals surface area contributed by atoms with Gasteiger partial charge in [-0.3, -0.25) is 9.69 Å². The lowest BCUT2D eigenvalue weighted by atomic mass is 10.1. The van der Waals surface area contributed by atoms with Crippen molar-refractivity contribution in [3.05, 3.63) is 59.2 Å². The van der Waals surface area contributed by atoms with E-state index in [1.165, 1.54) is 6.07 Å². The monoisotopic (exact) mass is 619 g/mol. The number of aryl methyl sites for hydroxylation is 2. The molecule has 2 saturated heterocycles. The largest absolute Gasteiger partial charge is 0.374 e. The molecule has 45 heavy (non-hydrogen) atoms. The first-order valence-electron chi connectivity index (χ1n) is 15.5. The molecule has 4 aromatic rings. The predicted molar refractivity (Wildman–Crippen MR) is 168 cm³/mol. The van der Waals surface area contributed by atoms with E-state index in [0.717, 1.165) is 51.9 Å². The molecule has 0 unspecified atom stereocenters. The van der Waals surface area contributed by atoms with Crippen LogP contribution in [0.25, 0.3) is 22.3 Å². The van der Waals surface area contributed by atoms with E-state index in [-0.39, 0.29) is 40.8 Å². The fourth-order valence-corrected chi connectivity index (χ4v) is 6.21. The molecule has 13 heteroatoms. The highest BCUT2D eigenvalue weighted by molar-refractivity contribution is 5.95. The molecule has 2 aliphatic rings. The average molecular weight is 620 g/mol. The third kappa shape index (κ3) is 6.65. The maximum atomic E-state index is 15.1. The molecule has 2 fully saturated rings. The van der Waals surface area contributed by atoms with E-state index in [1.54, 1.807) is 25.1 Å². The minimum atomic E-state index is -0.685. The maximum absolute atomic E-state index is 15.1. The minimum Gasteiger partial charge on any atom is -0.374 e. The van der Waals surface area contributed by atoms with Crippen molar-refractivity contribution < 1.29 is 18.3 Å². The smallest absolute Gasteiger partial charge is 0.255 e. The topological polar surface area (TPSA) is 113 Å². The van der Waals surface area contributed by atoms with Crippen molar-refractivity contribution in [2.75, 3.05) is 57.7 Å². The van der Waals surface area contributed by atoms with E-state index >= 15 is 4.39 Å². The Morgan fingerprint density at radius 1 is 1.09 bits per heavy atom. The van der Waals surface area contributed by atoms with Gasteiger partial charge in [-0.25, -0.2) is 28.7 Å². The van der Waals surface area contributed by atoms with Crippen molar-refractivity contribution in [1.82, 2.24) is 39.6 Å². The molecule has 2 N–H and O–H groups in total. The number of amides is 1. The van der Waals surface area contributed by atoms with Crippen molar-refractivity contribution >= 4 is 28.7 Å². The third-order valence-electron chi connectivity index (χ3n) is 8.36. The highest BCUT2D eigenvalue weighted by atomic mass is 19.1. The Bertz CT molecular complexity index is 1700. The highest BCUT2D eigenvalue weighted by Crippen LogP contribution is 2.30. The van der Waals surface area contributed by atoms with Gasteiger partial charge in [0.2, 0.25) is 5.95 Å². The summed E-state index contributed by atoms with van der Waals surface area (Å²) in [6, 6.07) is 6.38. The molecule has 1 atom stereocenters. The van der Waals surface area contributed by atoms with Gasteiger partial charge in [-0.1, -0.05) is 0 Å². The second-order valence-corrected chi connectivity index (χ2v) is 11.9. The number of benzene rings is 1. The first-order valence-corrected chi connectivity index (χ1v) is 15.5. The van der Waals surface area contributed by atoms with Crippen LogP contribution in [0.5, 0.6) is 0 Å². The number of fused-ring (bicyclic) bond motifs is 1. The number of imidazole rings is 1. The fourth-order valence-electron chi connectivity index (χ4n) is 6.21. The molecule has 0 aliphatic carbocycles. The summed E-state index contributed by atoms with van der Waals surface area (Å²) in [5.74, 6) is -0.127. The first kappa shape index (κ1) is 30.9. The van der Waals surface area contributed by atoms with Crippen molar-refractivity contribution in [2.24, 2.45) is 0 Å². The second-order valence-electron chi connectivity index (χ2n) is 11.9. The molecular weight excluding hydrogens is 580 g/mol. The normalized spacial score (nSPS) is 18.0. The van der Waals surface area contributed by atoms with E-state index in [1.807, 2.05) is 30.2 Å². The van der Waals surface area contributed by atoms with Gasteiger partial charge in [0.25, 0.3) is 5.91 Å². The minimum absolute atomic E-state index is 0.0365. The van der Waals surface area contributed by atoms with Gasteiger partial charge in [-0.15, -0.1) is 0 Å². The summed E-state index contributed by atoms with van der Waals surface area (Å²) in [4.78, 5) is 35.1. The van der Waals surface area contributed by atoms with Crippen LogP contribution in [0, 0.1) is 25.5 Å². The summed E-state index contributed by atoms with van der Waals surface area (Å²) in [5.41, 5.74) is 2.10. The van der Waals surface area contributed by atoms with E-state index in [0.29, 0.717) is 41.5 Å². The second kappa shape index (κ2) is 13.1. The number of halogens is 2. The maximum Gasteiger partial charge on any atom is 0.255 e. The summed E-state index contributed by atoms with van der Waals surface area (Å²) in [7, 11) is 0. The summed E-state index contributed by atoms with van der Waals surface area (Å²) in [5, 5.41) is 6.38. The van der Waals surface area contributed by atoms with Gasteiger partial charge in [-0.05, 0) is 64.9 Å². The molecule has 11 nitrogen and oxygen atoms in total. The lowest BCUT2D eigenvalue weighted by Crippen LogP contribution is -2.46. The van der Waals surface area contributed by atoms with Gasteiger partial charge >= 0.3 is 0 Å². The van der Waals surface area contributed by atoms with Crippen molar-refractivity contribution in [3.8, 4) is 11.3 Å². The molecule has 1 aromatic carbocycles. The lowest BCUT2D eigenvalue weighted by Gasteiger charge is -2.29. The molecule has 0 spiro atoms. The predicted octanol–water partition coefficient (Wildman–Crippen LogP) is 4.24. The summed E-state index contributed by atoms with van der Waals surface area (Å²) in [6.45, 7) is 13.9. The fraction of sp³-hybridized carbons (Fsp3) is 0.469. The van der Waals surface area contributed by atoms with Gasteiger partial charge in [0.05, 0.1) is 35.7 Å². The third-order valence-corrected chi connectivity index (χ3v) is 8.36. The molecule has 0 saturated carbocycles. The highest BCUT2D eigenvalue weighted by Gasteiger charge is 2.25. The molecule has 2 aliphatic heterocycles. The van der Waals surface area contributed by atoms with E-state index in [2.05, 4.69) is 35.5 Å². The quantitative estimate of drug-likeness (QED) is 0.314. The van der Waals surface area contributed by atoms with E-state index < -0.39 is 11.6 Å². The summed E-state index contributed by atoms with van der Waals surface area (Å²) < 4.78 is 37.8. The van der Waals surface area contributed by atoms with Crippen LogP contribution in [-0.4, -0.2) is 98.7 Å². The Labute approximate surface area is 261 Å². The van der Waals surface area contributed by atoms with E-state index in [9.17, 15) is 9.18 Å². The van der Waals surface area contributed by atoms with Gasteiger partial charge in [0.15, 0.2) is 11.6 Å². The Kier molecular flexibility index (Phi) is 9.02. The number of aromatic nitrogens is 5. The number of carbonyl (C=O) groups is 1. The van der Waals surface area contributed by atoms with Gasteiger partial charge < -0.3 is 24.8 Å². The Balaban J connectivity index is 1.16. The zero-order valence-electron chi connectivity index (χ0n) is 26.1. The van der Waals surface area contributed by atoms with Gasteiger partial charge in [-0.2, -0.15) is 0 Å². The standard InChI is InChI=1S/C32H39F2N9O2/c1-19(2)43-21(4)38-30-25(33)14-22(15-27(30)43)29-26(34)17-36-32(40-29)39-28-7-6-24(20(3)37-28)31(44)42-10-5-9-41(11-12-42)18-23-16-35-8-13-45-23/h6-7,14-15,17,19,23,35H,5,8-13,16,18H2,1-4H3,(H,36,37,39,40)/t23-/m1/s1. The first-order chi connectivity index (χ1) is 21.7. The molecule has 238 valence electrons. The molecule has 0 radical (unpaired) electrons. The van der Waals surface area contributed by atoms with Crippen molar-refractivity contribution in [3.63, 3.8) is 0 Å². The molecule has 0 bridgehead atoms. The van der Waals surface area contributed by atoms with Crippen LogP contribution in [0.15, 0.2) is 30.5 Å². The average Bonchev–Trinajstić information content (AvgIpc) is 3.19. The van der Waals surface area contributed by atoms with Crippen LogP contribution in [0.3, 0.4) is 0 Å². The number of morpholine rings is 1. The van der Waals surface area contributed by atoms with Crippen LogP contribution in [0.1, 0.15) is 48.2 Å². The number of carbonyl (C=O) groups excluding carboxylic acids is 1. The van der Waals surface area contributed by atoms with Gasteiger partial charge in [0.1, 0.15) is 22.9 Å². The number of ether oxygens (including phenoxy) is 1. The molecule has 6 rings (SSSR count). The molecule has 1 amide bonds. The molecule has 5 heterocycles. The summed E-state index contributed by atoms with van der Waals surface area (Å²) >= 11 is 0. The Morgan fingerprint density at radius 2 is 1.93 bits per heavy atom. The number of nitrogens with one attached hydrogen (secondary N) is 2. The van der Waals surface area contributed by atoms with Crippen LogP contribution in [-0.2, 0) is 4.74 Å². The van der Waals surface area contributed by atoms with Crippen LogP contribution in [0.2, 0.25) is 0 Å². The Hall–Kier alpha value is -4.07. The van der Waals surface area contributed by atoms with Crippen LogP contribution in [0.4, 0.5) is 20.5 Å². The Morgan fingerprint density at radius 3 is 2.69 bits per heavy atom. The van der Waals surface area contributed by atoms with Crippen molar-refractivity contribution in [1.29, 1.82) is 0 Å². The van der Waals surface area contributed by atoms with E-state index in [4.69, 9.17) is 4.74 Å². The zero-order chi connectivity index (χ0) is 31.7. The number of hydrogen-bond donors (Lipinski definition) is 2. The van der Waals surface area contributed by atoms with Gasteiger partial charge in [0, 0.05) is 50.9 Å². The molecular formula is C32H39F2N9O2. The lowest BCUT2D eigenvalue weighted by molar-refractivity contribution is 0.00630. The number of pyridine rings is 1. The number of hydrogen-bond acceptors (Lipinski definition) is 9. The molecule has 3 aromatic heterocycles. The number of anilines is 2.